The molecule has 0 bridgehead atoms. The van der Waals surface area contributed by atoms with Gasteiger partial charge in [0.2, 0.25) is 0 Å². The Kier molecular flexibility index (Phi) is 5.01. The molecule has 0 saturated heterocycles. The highest BCUT2D eigenvalue weighted by atomic mass is 19.4. The molecule has 29 heavy (non-hydrogen) atoms. The van der Waals surface area contributed by atoms with E-state index in [4.69, 9.17) is 4.74 Å². The summed E-state index contributed by atoms with van der Waals surface area (Å²) in [6.07, 6.45) is -6.16. The highest BCUT2D eigenvalue weighted by Crippen LogP contribution is 2.42. The number of methoxy groups -OCH3 is 1. The van der Waals surface area contributed by atoms with E-state index in [9.17, 15) is 33.2 Å². The number of benzene rings is 2. The van der Waals surface area contributed by atoms with Gasteiger partial charge in [-0.2, -0.15) is 23.3 Å². The number of carbonyl (C=O) groups is 1. The molecule has 0 fully saturated rings. The molecule has 1 heterocycles. The second kappa shape index (κ2) is 7.17. The molecule has 1 aliphatic rings. The SMILES string of the molecule is COc1ccc(C2=NN(C(=O)c3ccc([N+](=O)[O-])cc3)[C@](O)(C(F)(F)F)C2)cc1. The van der Waals surface area contributed by atoms with Gasteiger partial charge in [0.15, 0.2) is 0 Å². The second-order valence-corrected chi connectivity index (χ2v) is 6.19. The monoisotopic (exact) mass is 409 g/mol. The van der Waals surface area contributed by atoms with E-state index in [1.54, 1.807) is 0 Å². The lowest BCUT2D eigenvalue weighted by atomic mass is 10.0. The Morgan fingerprint density at radius 2 is 1.79 bits per heavy atom. The van der Waals surface area contributed by atoms with Crippen LogP contribution >= 0.6 is 0 Å². The smallest absolute Gasteiger partial charge is 0.438 e. The average molecular weight is 409 g/mol. The quantitative estimate of drug-likeness (QED) is 0.617. The Balaban J connectivity index is 2.00. The van der Waals surface area contributed by atoms with Gasteiger partial charge in [-0.25, -0.2) is 0 Å². The van der Waals surface area contributed by atoms with Crippen molar-refractivity contribution in [3.63, 3.8) is 0 Å². The Labute approximate surface area is 162 Å². The summed E-state index contributed by atoms with van der Waals surface area (Å²) in [6, 6.07) is 9.86. The lowest BCUT2D eigenvalue weighted by Crippen LogP contribution is -2.56. The number of amides is 1. The zero-order valence-corrected chi connectivity index (χ0v) is 14.9. The van der Waals surface area contributed by atoms with E-state index in [0.717, 1.165) is 24.3 Å². The van der Waals surface area contributed by atoms with Gasteiger partial charge in [-0.1, -0.05) is 0 Å². The van der Waals surface area contributed by atoms with Crippen LogP contribution in [0.3, 0.4) is 0 Å². The highest BCUT2D eigenvalue weighted by molar-refractivity contribution is 6.05. The molecule has 0 saturated carbocycles. The number of ether oxygens (including phenoxy) is 1. The second-order valence-electron chi connectivity index (χ2n) is 6.19. The van der Waals surface area contributed by atoms with Crippen LogP contribution in [0.4, 0.5) is 18.9 Å². The van der Waals surface area contributed by atoms with Crippen molar-refractivity contribution in [1.29, 1.82) is 0 Å². The topological polar surface area (TPSA) is 105 Å². The van der Waals surface area contributed by atoms with E-state index in [-0.39, 0.29) is 27.5 Å². The Morgan fingerprint density at radius 3 is 2.28 bits per heavy atom. The van der Waals surface area contributed by atoms with E-state index < -0.39 is 29.2 Å². The van der Waals surface area contributed by atoms with Crippen LogP contribution in [0, 0.1) is 10.1 Å². The lowest BCUT2D eigenvalue weighted by molar-refractivity contribution is -0.384. The predicted octanol–water partition coefficient (Wildman–Crippen LogP) is 3.10. The van der Waals surface area contributed by atoms with Crippen molar-refractivity contribution in [2.45, 2.75) is 18.3 Å². The van der Waals surface area contributed by atoms with Gasteiger partial charge in [0, 0.05) is 17.7 Å². The zero-order chi connectivity index (χ0) is 21.4. The molecule has 11 heteroatoms. The molecule has 2 aromatic carbocycles. The van der Waals surface area contributed by atoms with Gasteiger partial charge in [-0.3, -0.25) is 14.9 Å². The number of halogens is 3. The van der Waals surface area contributed by atoms with Crippen molar-refractivity contribution in [3.8, 4) is 5.75 Å². The number of nitro groups is 1. The minimum absolute atomic E-state index is 0.0340. The van der Waals surface area contributed by atoms with E-state index in [1.165, 1.54) is 31.4 Å². The summed E-state index contributed by atoms with van der Waals surface area (Å²) in [5, 5.41) is 24.7. The van der Waals surface area contributed by atoms with Crippen LogP contribution in [0.25, 0.3) is 0 Å². The number of hydrogen-bond donors (Lipinski definition) is 1. The standard InChI is InChI=1S/C18H14F3N3O5/c1-29-14-8-4-11(5-9-14)15-10-17(26,18(19,20)21)23(22-15)16(25)12-2-6-13(7-3-12)24(27)28/h2-9,26H,10H2,1H3/t17-/m1/s1. The predicted molar refractivity (Wildman–Crippen MR) is 94.4 cm³/mol. The van der Waals surface area contributed by atoms with E-state index >= 15 is 0 Å². The summed E-state index contributed by atoms with van der Waals surface area (Å²) in [5.41, 5.74) is -4.06. The lowest BCUT2D eigenvalue weighted by Gasteiger charge is -2.32. The number of hydrazone groups is 1. The first kappa shape index (κ1) is 20.3. The Hall–Kier alpha value is -3.47. The molecule has 0 aromatic heterocycles. The van der Waals surface area contributed by atoms with Crippen molar-refractivity contribution in [2.75, 3.05) is 7.11 Å². The number of non-ortho nitro benzene ring substituents is 1. The number of hydrogen-bond acceptors (Lipinski definition) is 6. The van der Waals surface area contributed by atoms with E-state index in [0.29, 0.717) is 5.75 Å². The van der Waals surface area contributed by atoms with Crippen molar-refractivity contribution >= 4 is 17.3 Å². The Morgan fingerprint density at radius 1 is 1.21 bits per heavy atom. The third-order valence-corrected chi connectivity index (χ3v) is 4.38. The molecule has 0 spiro atoms. The van der Waals surface area contributed by atoms with Gasteiger partial charge in [0.25, 0.3) is 17.3 Å². The van der Waals surface area contributed by atoms with Crippen LogP contribution in [-0.4, -0.2) is 45.7 Å². The normalized spacial score (nSPS) is 19.1. The van der Waals surface area contributed by atoms with Crippen LogP contribution < -0.4 is 4.74 Å². The maximum absolute atomic E-state index is 13.6. The number of aliphatic hydroxyl groups is 1. The van der Waals surface area contributed by atoms with E-state index in [1.807, 2.05) is 0 Å². The minimum Gasteiger partial charge on any atom is -0.497 e. The number of alkyl halides is 3. The molecule has 1 atom stereocenters. The first-order chi connectivity index (χ1) is 13.6. The molecule has 1 N–H and O–H groups in total. The summed E-state index contributed by atoms with van der Waals surface area (Å²) in [7, 11) is 1.43. The summed E-state index contributed by atoms with van der Waals surface area (Å²) in [4.78, 5) is 22.6. The van der Waals surface area contributed by atoms with Crippen molar-refractivity contribution < 1.29 is 32.7 Å². The molecule has 1 aliphatic heterocycles. The first-order valence-corrected chi connectivity index (χ1v) is 8.17. The minimum atomic E-state index is -5.19. The number of carbonyl (C=O) groups excluding carboxylic acids is 1. The third kappa shape index (κ3) is 3.63. The van der Waals surface area contributed by atoms with Crippen LogP contribution in [0.5, 0.6) is 5.75 Å². The zero-order valence-electron chi connectivity index (χ0n) is 14.9. The highest BCUT2D eigenvalue weighted by Gasteiger charge is 2.63. The fourth-order valence-electron chi connectivity index (χ4n) is 2.77. The maximum atomic E-state index is 13.6. The molecule has 152 valence electrons. The van der Waals surface area contributed by atoms with Crippen LogP contribution in [0.1, 0.15) is 22.3 Å². The average Bonchev–Trinajstić information content (AvgIpc) is 3.06. The molecule has 3 rings (SSSR count). The molecule has 8 nitrogen and oxygen atoms in total. The van der Waals surface area contributed by atoms with Gasteiger partial charge >= 0.3 is 6.18 Å². The molecule has 0 unspecified atom stereocenters. The summed E-state index contributed by atoms with van der Waals surface area (Å²) in [6.45, 7) is 0. The summed E-state index contributed by atoms with van der Waals surface area (Å²) in [5.74, 6) is -0.777. The fourth-order valence-corrected chi connectivity index (χ4v) is 2.77. The van der Waals surface area contributed by atoms with E-state index in [2.05, 4.69) is 5.10 Å². The number of nitrogens with zero attached hydrogens (tertiary/aromatic N) is 3. The number of rotatable bonds is 4. The molecular formula is C18H14F3N3O5. The maximum Gasteiger partial charge on any atom is 0.438 e. The van der Waals surface area contributed by atoms with Crippen molar-refractivity contribution in [1.82, 2.24) is 5.01 Å². The molecule has 0 radical (unpaired) electrons. The molecular weight excluding hydrogens is 395 g/mol. The van der Waals surface area contributed by atoms with Gasteiger partial charge in [-0.15, -0.1) is 0 Å². The third-order valence-electron chi connectivity index (χ3n) is 4.38. The summed E-state index contributed by atoms with van der Waals surface area (Å²) >= 11 is 0. The van der Waals surface area contributed by atoms with Gasteiger partial charge in [0.1, 0.15) is 5.75 Å². The van der Waals surface area contributed by atoms with Crippen LogP contribution in [-0.2, 0) is 0 Å². The first-order valence-electron chi connectivity index (χ1n) is 8.17. The van der Waals surface area contributed by atoms with Crippen molar-refractivity contribution in [2.24, 2.45) is 5.10 Å². The fraction of sp³-hybridized carbons (Fsp3) is 0.222. The van der Waals surface area contributed by atoms with Crippen molar-refractivity contribution in [3.05, 3.63) is 69.8 Å². The molecule has 0 aliphatic carbocycles. The molecule has 2 aromatic rings. The van der Waals surface area contributed by atoms with Gasteiger partial charge in [-0.05, 0) is 42.0 Å². The summed E-state index contributed by atoms with van der Waals surface area (Å²) < 4.78 is 45.9. The number of nitro benzene ring substituents is 1. The van der Waals surface area contributed by atoms with Gasteiger partial charge < -0.3 is 9.84 Å². The van der Waals surface area contributed by atoms with Crippen LogP contribution in [0.15, 0.2) is 53.6 Å². The van der Waals surface area contributed by atoms with Gasteiger partial charge in [0.05, 0.1) is 24.2 Å². The largest absolute Gasteiger partial charge is 0.497 e. The molecule has 1 amide bonds. The van der Waals surface area contributed by atoms with Crippen LogP contribution in [0.2, 0.25) is 0 Å². The Bertz CT molecular complexity index is 974.